The normalized spacial score (nSPS) is 11.7. The minimum absolute atomic E-state index is 0. The first-order chi connectivity index (χ1) is 10.5. The number of aromatic nitrogens is 2. The summed E-state index contributed by atoms with van der Waals surface area (Å²) in [6, 6.07) is 7.17. The summed E-state index contributed by atoms with van der Waals surface area (Å²) >= 11 is 12.2. The van der Waals surface area contributed by atoms with E-state index in [4.69, 9.17) is 28.9 Å². The smallest absolute Gasteiger partial charge is 0.225 e. The first kappa shape index (κ1) is 19.8. The molecular formula is C15H19Cl3N4O. The number of halogens is 3. The Hall–Kier alpha value is -1.27. The summed E-state index contributed by atoms with van der Waals surface area (Å²) in [4.78, 5) is 11.9. The Labute approximate surface area is 151 Å². The molecule has 2 rings (SSSR count). The molecule has 0 fully saturated rings. The van der Waals surface area contributed by atoms with E-state index in [9.17, 15) is 4.79 Å². The van der Waals surface area contributed by atoms with Crippen molar-refractivity contribution in [3.8, 4) is 0 Å². The predicted octanol–water partition coefficient (Wildman–Crippen LogP) is 3.73. The molecule has 3 N–H and O–H groups in total. The maximum absolute atomic E-state index is 11.9. The number of anilines is 1. The molecule has 0 aliphatic heterocycles. The first-order valence-corrected chi connectivity index (χ1v) is 7.73. The van der Waals surface area contributed by atoms with Crippen molar-refractivity contribution in [1.29, 1.82) is 0 Å². The summed E-state index contributed by atoms with van der Waals surface area (Å²) in [5.41, 5.74) is 6.49. The number of nitrogens with two attached hydrogens (primary N) is 1. The van der Waals surface area contributed by atoms with Crippen LogP contribution >= 0.6 is 35.6 Å². The molecule has 0 spiro atoms. The molecule has 1 aromatic heterocycles. The van der Waals surface area contributed by atoms with Crippen molar-refractivity contribution in [1.82, 2.24) is 9.78 Å². The molecule has 1 aromatic carbocycles. The SMILES string of the molecule is CC(N)CCC(=O)Nc1ccnn1Cc1cccc(Cl)c1Cl.Cl. The number of carbonyl (C=O) groups is 1. The molecule has 1 amide bonds. The fraction of sp³-hybridized carbons (Fsp3) is 0.333. The van der Waals surface area contributed by atoms with Crippen molar-refractivity contribution in [2.45, 2.75) is 32.4 Å². The minimum Gasteiger partial charge on any atom is -0.328 e. The number of nitrogens with zero attached hydrogens (tertiary/aromatic N) is 2. The topological polar surface area (TPSA) is 72.9 Å². The lowest BCUT2D eigenvalue weighted by Gasteiger charge is -2.11. The van der Waals surface area contributed by atoms with Gasteiger partial charge in [-0.1, -0.05) is 35.3 Å². The number of hydrogen-bond donors (Lipinski definition) is 2. The molecule has 126 valence electrons. The summed E-state index contributed by atoms with van der Waals surface area (Å²) in [7, 11) is 0. The maximum atomic E-state index is 11.9. The molecule has 1 heterocycles. The van der Waals surface area contributed by atoms with Crippen molar-refractivity contribution < 1.29 is 4.79 Å². The van der Waals surface area contributed by atoms with Gasteiger partial charge in [-0.3, -0.25) is 4.79 Å². The number of amides is 1. The second kappa shape index (κ2) is 9.13. The average molecular weight is 378 g/mol. The Morgan fingerprint density at radius 3 is 2.83 bits per heavy atom. The van der Waals surface area contributed by atoms with E-state index in [0.717, 1.165) is 5.56 Å². The molecule has 0 aliphatic carbocycles. The average Bonchev–Trinajstić information content (AvgIpc) is 2.89. The lowest BCUT2D eigenvalue weighted by molar-refractivity contribution is -0.116. The predicted molar refractivity (Wildman–Crippen MR) is 96.6 cm³/mol. The summed E-state index contributed by atoms with van der Waals surface area (Å²) in [6.07, 6.45) is 2.64. The summed E-state index contributed by atoms with van der Waals surface area (Å²) < 4.78 is 1.67. The fourth-order valence-corrected chi connectivity index (χ4v) is 2.34. The zero-order chi connectivity index (χ0) is 16.1. The van der Waals surface area contributed by atoms with Crippen LogP contribution in [0, 0.1) is 0 Å². The van der Waals surface area contributed by atoms with Gasteiger partial charge in [0.2, 0.25) is 5.91 Å². The van der Waals surface area contributed by atoms with Gasteiger partial charge < -0.3 is 11.1 Å². The molecule has 0 bridgehead atoms. The maximum Gasteiger partial charge on any atom is 0.225 e. The van der Waals surface area contributed by atoms with Crippen molar-refractivity contribution >= 4 is 47.3 Å². The molecule has 1 unspecified atom stereocenters. The van der Waals surface area contributed by atoms with Gasteiger partial charge in [0.15, 0.2) is 0 Å². The molecule has 5 nitrogen and oxygen atoms in total. The standard InChI is InChI=1S/C15H18Cl2N4O.ClH/c1-10(18)5-6-14(22)20-13-7-8-19-21(13)9-11-3-2-4-12(16)15(11)17;/h2-4,7-8,10H,5-6,9,18H2,1H3,(H,20,22);1H. The van der Waals surface area contributed by atoms with Crippen LogP contribution in [0.3, 0.4) is 0 Å². The molecule has 0 saturated carbocycles. The Morgan fingerprint density at radius 2 is 2.13 bits per heavy atom. The highest BCUT2D eigenvalue weighted by Crippen LogP contribution is 2.26. The van der Waals surface area contributed by atoms with Gasteiger partial charge in [0.25, 0.3) is 0 Å². The Balaban J connectivity index is 0.00000264. The Kier molecular flexibility index (Phi) is 7.85. The molecule has 2 aromatic rings. The largest absolute Gasteiger partial charge is 0.328 e. The highest BCUT2D eigenvalue weighted by molar-refractivity contribution is 6.42. The van der Waals surface area contributed by atoms with Crippen molar-refractivity contribution in [3.63, 3.8) is 0 Å². The van der Waals surface area contributed by atoms with Crippen LogP contribution < -0.4 is 11.1 Å². The monoisotopic (exact) mass is 376 g/mol. The van der Waals surface area contributed by atoms with Crippen molar-refractivity contribution in [2.75, 3.05) is 5.32 Å². The van der Waals surface area contributed by atoms with Crippen molar-refractivity contribution in [3.05, 3.63) is 46.1 Å². The van der Waals surface area contributed by atoms with Crippen LogP contribution in [0.4, 0.5) is 5.82 Å². The second-order valence-corrected chi connectivity index (χ2v) is 5.94. The van der Waals surface area contributed by atoms with E-state index in [2.05, 4.69) is 10.4 Å². The third-order valence-electron chi connectivity index (χ3n) is 3.16. The van der Waals surface area contributed by atoms with E-state index in [-0.39, 0.29) is 24.4 Å². The number of rotatable bonds is 6. The zero-order valence-electron chi connectivity index (χ0n) is 12.6. The molecule has 23 heavy (non-hydrogen) atoms. The lowest BCUT2D eigenvalue weighted by Crippen LogP contribution is -2.20. The van der Waals surface area contributed by atoms with Gasteiger partial charge in [0, 0.05) is 18.5 Å². The summed E-state index contributed by atoms with van der Waals surface area (Å²) in [5.74, 6) is 0.530. The zero-order valence-corrected chi connectivity index (χ0v) is 15.0. The Morgan fingerprint density at radius 1 is 1.39 bits per heavy atom. The molecule has 0 radical (unpaired) electrons. The van der Waals surface area contributed by atoms with Crippen LogP contribution in [-0.4, -0.2) is 21.7 Å². The Bertz CT molecular complexity index is 658. The molecule has 0 aliphatic rings. The minimum atomic E-state index is -0.0868. The van der Waals surface area contributed by atoms with Gasteiger partial charge in [0.1, 0.15) is 5.82 Å². The second-order valence-electron chi connectivity index (χ2n) is 5.15. The van der Waals surface area contributed by atoms with E-state index in [1.54, 1.807) is 23.0 Å². The number of carbonyl (C=O) groups excluding carboxylic acids is 1. The van der Waals surface area contributed by atoms with Gasteiger partial charge in [0.05, 0.1) is 22.8 Å². The van der Waals surface area contributed by atoms with Crippen LogP contribution in [0.1, 0.15) is 25.3 Å². The fourth-order valence-electron chi connectivity index (χ4n) is 1.96. The van der Waals surface area contributed by atoms with Gasteiger partial charge in [-0.15, -0.1) is 12.4 Å². The lowest BCUT2D eigenvalue weighted by atomic mass is 10.2. The van der Waals surface area contributed by atoms with Gasteiger partial charge in [-0.05, 0) is 25.0 Å². The first-order valence-electron chi connectivity index (χ1n) is 6.97. The number of nitrogens with one attached hydrogen (secondary N) is 1. The van der Waals surface area contributed by atoms with E-state index in [1.807, 2.05) is 19.1 Å². The molecule has 1 atom stereocenters. The van der Waals surface area contributed by atoms with Crippen molar-refractivity contribution in [2.24, 2.45) is 5.73 Å². The van der Waals surface area contributed by atoms with E-state index in [0.29, 0.717) is 35.2 Å². The van der Waals surface area contributed by atoms with E-state index in [1.165, 1.54) is 0 Å². The third-order valence-corrected chi connectivity index (χ3v) is 4.02. The highest BCUT2D eigenvalue weighted by atomic mass is 35.5. The quantitative estimate of drug-likeness (QED) is 0.805. The van der Waals surface area contributed by atoms with Gasteiger partial charge in [-0.2, -0.15) is 5.10 Å². The number of benzene rings is 1. The van der Waals surface area contributed by atoms with Crippen LogP contribution in [-0.2, 0) is 11.3 Å². The van der Waals surface area contributed by atoms with E-state index >= 15 is 0 Å². The summed E-state index contributed by atoms with van der Waals surface area (Å²) in [5, 5.41) is 8.02. The third kappa shape index (κ3) is 5.70. The highest BCUT2D eigenvalue weighted by Gasteiger charge is 2.11. The molecular weight excluding hydrogens is 359 g/mol. The van der Waals surface area contributed by atoms with Crippen LogP contribution in [0.5, 0.6) is 0 Å². The van der Waals surface area contributed by atoms with Crippen LogP contribution in [0.15, 0.2) is 30.5 Å². The van der Waals surface area contributed by atoms with E-state index < -0.39 is 0 Å². The molecule has 8 heteroatoms. The number of hydrogen-bond acceptors (Lipinski definition) is 3. The van der Waals surface area contributed by atoms with Gasteiger partial charge >= 0.3 is 0 Å². The van der Waals surface area contributed by atoms with Crippen LogP contribution in [0.25, 0.3) is 0 Å². The van der Waals surface area contributed by atoms with Crippen LogP contribution in [0.2, 0.25) is 10.0 Å². The molecule has 0 saturated heterocycles. The van der Waals surface area contributed by atoms with Gasteiger partial charge in [-0.25, -0.2) is 4.68 Å². The summed E-state index contributed by atoms with van der Waals surface area (Å²) in [6.45, 7) is 2.30.